The fourth-order valence-corrected chi connectivity index (χ4v) is 1.79. The molecule has 0 heterocycles. The van der Waals surface area contributed by atoms with Crippen LogP contribution < -0.4 is 11.5 Å². The molecule has 2 atom stereocenters. The largest absolute Gasteiger partial charge is 0.399 e. The Bertz CT molecular complexity index is 485. The highest BCUT2D eigenvalue weighted by molar-refractivity contribution is 6.10. The average molecular weight is 228 g/mol. The SMILES string of the molecule is CC1C=C(C(=O)c2ccc(N)cc2)C=CC1N. The number of Topliss-reactive ketones (excluding diaryl/α,β-unsaturated/α-hetero) is 1. The van der Waals surface area contributed by atoms with Gasteiger partial charge in [-0.15, -0.1) is 0 Å². The van der Waals surface area contributed by atoms with Crippen LogP contribution >= 0.6 is 0 Å². The molecule has 88 valence electrons. The van der Waals surface area contributed by atoms with Gasteiger partial charge in [-0.25, -0.2) is 0 Å². The lowest BCUT2D eigenvalue weighted by Gasteiger charge is -2.18. The molecule has 2 rings (SSSR count). The number of rotatable bonds is 2. The van der Waals surface area contributed by atoms with Gasteiger partial charge in [-0.05, 0) is 30.2 Å². The van der Waals surface area contributed by atoms with Crippen molar-refractivity contribution in [1.29, 1.82) is 0 Å². The predicted octanol–water partition coefficient (Wildman–Crippen LogP) is 1.91. The number of carbonyl (C=O) groups is 1. The first-order valence-electron chi connectivity index (χ1n) is 5.64. The van der Waals surface area contributed by atoms with E-state index in [0.717, 1.165) is 0 Å². The van der Waals surface area contributed by atoms with E-state index in [1.54, 1.807) is 30.3 Å². The van der Waals surface area contributed by atoms with Crippen molar-refractivity contribution >= 4 is 11.5 Å². The summed E-state index contributed by atoms with van der Waals surface area (Å²) in [6.07, 6.45) is 5.59. The number of ketones is 1. The molecule has 2 unspecified atom stereocenters. The van der Waals surface area contributed by atoms with E-state index < -0.39 is 0 Å². The Morgan fingerprint density at radius 2 is 1.88 bits per heavy atom. The van der Waals surface area contributed by atoms with Crippen LogP contribution in [0.4, 0.5) is 5.69 Å². The predicted molar refractivity (Wildman–Crippen MR) is 69.5 cm³/mol. The average Bonchev–Trinajstić information content (AvgIpc) is 2.33. The summed E-state index contributed by atoms with van der Waals surface area (Å²) in [5, 5.41) is 0. The lowest BCUT2D eigenvalue weighted by molar-refractivity contribution is 0.103. The van der Waals surface area contributed by atoms with Crippen molar-refractivity contribution in [1.82, 2.24) is 0 Å². The first-order valence-corrected chi connectivity index (χ1v) is 5.64. The smallest absolute Gasteiger partial charge is 0.192 e. The Labute approximate surface area is 101 Å². The quantitative estimate of drug-likeness (QED) is 0.600. The second-order valence-corrected chi connectivity index (χ2v) is 4.37. The number of carbonyl (C=O) groups excluding carboxylic acids is 1. The molecule has 0 saturated carbocycles. The van der Waals surface area contributed by atoms with Crippen LogP contribution in [0.25, 0.3) is 0 Å². The lowest BCUT2D eigenvalue weighted by atomic mass is 9.90. The second-order valence-electron chi connectivity index (χ2n) is 4.37. The fraction of sp³-hybridized carbons (Fsp3) is 0.214. The minimum absolute atomic E-state index is 0.00188. The Morgan fingerprint density at radius 3 is 2.47 bits per heavy atom. The molecule has 0 fully saturated rings. The number of hydrogen-bond donors (Lipinski definition) is 2. The molecule has 17 heavy (non-hydrogen) atoms. The summed E-state index contributed by atoms with van der Waals surface area (Å²) in [4.78, 5) is 12.2. The molecule has 1 aliphatic rings. The molecule has 4 N–H and O–H groups in total. The molecule has 3 heteroatoms. The Hall–Kier alpha value is -1.87. The molecule has 0 saturated heterocycles. The Balaban J connectivity index is 2.24. The third-order valence-corrected chi connectivity index (χ3v) is 2.98. The van der Waals surface area contributed by atoms with E-state index >= 15 is 0 Å². The van der Waals surface area contributed by atoms with E-state index in [-0.39, 0.29) is 17.7 Å². The molecule has 1 aromatic carbocycles. The number of hydrogen-bond acceptors (Lipinski definition) is 3. The Kier molecular flexibility index (Phi) is 3.11. The molecule has 0 spiro atoms. The van der Waals surface area contributed by atoms with Crippen LogP contribution in [0, 0.1) is 5.92 Å². The minimum Gasteiger partial charge on any atom is -0.399 e. The van der Waals surface area contributed by atoms with E-state index in [4.69, 9.17) is 11.5 Å². The molecule has 0 amide bonds. The standard InChI is InChI=1S/C14H16N2O/c1-9-8-11(4-7-13(9)16)14(17)10-2-5-12(15)6-3-10/h2-9,13H,15-16H2,1H3. The van der Waals surface area contributed by atoms with Crippen molar-refractivity contribution in [2.75, 3.05) is 5.73 Å². The van der Waals surface area contributed by atoms with Gasteiger partial charge in [-0.1, -0.05) is 25.2 Å². The summed E-state index contributed by atoms with van der Waals surface area (Å²) in [6, 6.07) is 6.94. The zero-order chi connectivity index (χ0) is 12.4. The van der Waals surface area contributed by atoms with Crippen molar-refractivity contribution in [2.45, 2.75) is 13.0 Å². The summed E-state index contributed by atoms with van der Waals surface area (Å²) < 4.78 is 0. The number of anilines is 1. The van der Waals surface area contributed by atoms with Gasteiger partial charge < -0.3 is 11.5 Å². The molecule has 1 aliphatic carbocycles. The summed E-state index contributed by atoms with van der Waals surface area (Å²) in [5.41, 5.74) is 13.4. The van der Waals surface area contributed by atoms with Crippen molar-refractivity contribution in [3.8, 4) is 0 Å². The van der Waals surface area contributed by atoms with Crippen LogP contribution in [0.1, 0.15) is 17.3 Å². The zero-order valence-corrected chi connectivity index (χ0v) is 9.76. The van der Waals surface area contributed by atoms with Gasteiger partial charge in [-0.3, -0.25) is 4.79 Å². The second kappa shape index (κ2) is 4.55. The fourth-order valence-electron chi connectivity index (χ4n) is 1.79. The molecule has 0 radical (unpaired) electrons. The normalized spacial score (nSPS) is 23.3. The van der Waals surface area contributed by atoms with Crippen molar-refractivity contribution in [3.05, 3.63) is 53.6 Å². The summed E-state index contributed by atoms with van der Waals surface area (Å²) in [7, 11) is 0. The van der Waals surface area contributed by atoms with E-state index in [9.17, 15) is 4.79 Å². The van der Waals surface area contributed by atoms with Crippen molar-refractivity contribution < 1.29 is 4.79 Å². The van der Waals surface area contributed by atoms with Crippen LogP contribution in [-0.2, 0) is 0 Å². The van der Waals surface area contributed by atoms with Crippen molar-refractivity contribution in [3.63, 3.8) is 0 Å². The lowest BCUT2D eigenvalue weighted by Crippen LogP contribution is -2.27. The summed E-state index contributed by atoms with van der Waals surface area (Å²) in [6.45, 7) is 2.00. The van der Waals surface area contributed by atoms with Gasteiger partial charge in [0.15, 0.2) is 5.78 Å². The number of nitrogen functional groups attached to an aromatic ring is 1. The summed E-state index contributed by atoms with van der Waals surface area (Å²) >= 11 is 0. The molecule has 1 aromatic rings. The first kappa shape index (κ1) is 11.6. The third kappa shape index (κ3) is 2.45. The van der Waals surface area contributed by atoms with Gasteiger partial charge in [-0.2, -0.15) is 0 Å². The maximum atomic E-state index is 12.2. The van der Waals surface area contributed by atoms with E-state index in [0.29, 0.717) is 16.8 Å². The van der Waals surface area contributed by atoms with Gasteiger partial charge in [0.05, 0.1) is 0 Å². The highest BCUT2D eigenvalue weighted by Gasteiger charge is 2.17. The first-order chi connectivity index (χ1) is 8.08. The molecule has 3 nitrogen and oxygen atoms in total. The van der Waals surface area contributed by atoms with Crippen LogP contribution in [0.3, 0.4) is 0 Å². The van der Waals surface area contributed by atoms with Gasteiger partial charge in [0.25, 0.3) is 0 Å². The van der Waals surface area contributed by atoms with Crippen LogP contribution in [0.5, 0.6) is 0 Å². The van der Waals surface area contributed by atoms with Gasteiger partial charge in [0, 0.05) is 22.9 Å². The Morgan fingerprint density at radius 1 is 1.24 bits per heavy atom. The molecular formula is C14H16N2O. The van der Waals surface area contributed by atoms with E-state index in [1.165, 1.54) is 0 Å². The van der Waals surface area contributed by atoms with Crippen LogP contribution in [0.15, 0.2) is 48.1 Å². The third-order valence-electron chi connectivity index (χ3n) is 2.98. The monoisotopic (exact) mass is 228 g/mol. The minimum atomic E-state index is -0.00188. The van der Waals surface area contributed by atoms with Crippen molar-refractivity contribution in [2.24, 2.45) is 11.7 Å². The van der Waals surface area contributed by atoms with E-state index in [1.807, 2.05) is 19.1 Å². The van der Waals surface area contributed by atoms with Crippen LogP contribution in [-0.4, -0.2) is 11.8 Å². The zero-order valence-electron chi connectivity index (χ0n) is 9.76. The maximum Gasteiger partial charge on any atom is 0.192 e. The maximum absolute atomic E-state index is 12.2. The summed E-state index contributed by atoms with van der Waals surface area (Å²) in [5.74, 6) is 0.202. The molecule has 0 aromatic heterocycles. The molecule has 0 aliphatic heterocycles. The topological polar surface area (TPSA) is 69.1 Å². The van der Waals surface area contributed by atoms with Gasteiger partial charge in [0.1, 0.15) is 0 Å². The number of allylic oxidation sites excluding steroid dienone is 2. The van der Waals surface area contributed by atoms with Crippen LogP contribution in [0.2, 0.25) is 0 Å². The number of benzene rings is 1. The van der Waals surface area contributed by atoms with Gasteiger partial charge >= 0.3 is 0 Å². The van der Waals surface area contributed by atoms with E-state index in [2.05, 4.69) is 0 Å². The highest BCUT2D eigenvalue weighted by atomic mass is 16.1. The number of nitrogens with two attached hydrogens (primary N) is 2. The highest BCUT2D eigenvalue weighted by Crippen LogP contribution is 2.19. The van der Waals surface area contributed by atoms with Gasteiger partial charge in [0.2, 0.25) is 0 Å². The molecule has 0 bridgehead atoms. The molecular weight excluding hydrogens is 212 g/mol.